The van der Waals surface area contributed by atoms with E-state index in [1.54, 1.807) is 11.3 Å². The minimum Gasteiger partial charge on any atom is -0.320 e. The summed E-state index contributed by atoms with van der Waals surface area (Å²) in [6, 6.07) is 4.13. The highest BCUT2D eigenvalue weighted by molar-refractivity contribution is 7.91. The second-order valence-corrected chi connectivity index (χ2v) is 8.10. The van der Waals surface area contributed by atoms with Gasteiger partial charge in [-0.15, -0.1) is 11.3 Å². The largest absolute Gasteiger partial charge is 0.320 e. The zero-order valence-corrected chi connectivity index (χ0v) is 12.6. The lowest BCUT2D eigenvalue weighted by Gasteiger charge is -2.32. The third-order valence-corrected chi connectivity index (χ3v) is 5.92. The first-order valence-corrected chi connectivity index (χ1v) is 8.86. The molecule has 2 rings (SSSR count). The fourth-order valence-electron chi connectivity index (χ4n) is 2.14. The molecule has 1 unspecified atom stereocenters. The van der Waals surface area contributed by atoms with Crippen molar-refractivity contribution in [2.45, 2.75) is 19.5 Å². The zero-order valence-electron chi connectivity index (χ0n) is 10.9. The fraction of sp³-hybridized carbons (Fsp3) is 0.538. The van der Waals surface area contributed by atoms with Gasteiger partial charge < -0.3 is 5.73 Å². The number of hydrogen-bond donors (Lipinski definition) is 1. The van der Waals surface area contributed by atoms with Crippen molar-refractivity contribution in [1.29, 1.82) is 0 Å². The molecule has 0 aromatic carbocycles. The van der Waals surface area contributed by atoms with E-state index in [0.717, 1.165) is 11.4 Å². The minimum absolute atomic E-state index is 0.0828. The fourth-order valence-corrected chi connectivity index (χ4v) is 4.67. The van der Waals surface area contributed by atoms with Crippen LogP contribution in [0.3, 0.4) is 0 Å². The van der Waals surface area contributed by atoms with Crippen LogP contribution < -0.4 is 5.73 Å². The number of nitrogens with two attached hydrogens (primary N) is 1. The van der Waals surface area contributed by atoms with E-state index in [9.17, 15) is 8.42 Å². The number of nitrogens with zero attached hydrogens (tertiary/aromatic N) is 1. The van der Waals surface area contributed by atoms with Gasteiger partial charge in [0.2, 0.25) is 0 Å². The number of hydrogen-bond acceptors (Lipinski definition) is 5. The smallest absolute Gasteiger partial charge is 0.153 e. The molecule has 19 heavy (non-hydrogen) atoms. The van der Waals surface area contributed by atoms with Crippen LogP contribution in [0, 0.1) is 11.8 Å². The summed E-state index contributed by atoms with van der Waals surface area (Å²) in [5.74, 6) is 6.38. The lowest BCUT2D eigenvalue weighted by atomic mass is 10.3. The van der Waals surface area contributed by atoms with Crippen molar-refractivity contribution in [3.05, 3.63) is 21.9 Å². The Bertz CT molecular complexity index is 596. The van der Waals surface area contributed by atoms with Crippen LogP contribution in [-0.4, -0.2) is 44.0 Å². The van der Waals surface area contributed by atoms with Crippen molar-refractivity contribution in [2.24, 2.45) is 5.73 Å². The second-order valence-electron chi connectivity index (χ2n) is 4.71. The SMILES string of the molecule is CC1CS(=O)(=O)CCN1Cc1ccc(C#CCN)s1. The van der Waals surface area contributed by atoms with Gasteiger partial charge in [0, 0.05) is 24.0 Å². The molecule has 4 nitrogen and oxygen atoms in total. The van der Waals surface area contributed by atoms with Gasteiger partial charge >= 0.3 is 0 Å². The Labute approximate surface area is 118 Å². The highest BCUT2D eigenvalue weighted by Crippen LogP contribution is 2.20. The third kappa shape index (κ3) is 4.05. The Morgan fingerprint density at radius 3 is 3.00 bits per heavy atom. The first kappa shape index (κ1) is 14.5. The molecule has 1 aromatic rings. The van der Waals surface area contributed by atoms with E-state index in [1.165, 1.54) is 4.88 Å². The van der Waals surface area contributed by atoms with E-state index >= 15 is 0 Å². The van der Waals surface area contributed by atoms with E-state index in [4.69, 9.17) is 5.73 Å². The van der Waals surface area contributed by atoms with Crippen molar-refractivity contribution < 1.29 is 8.42 Å². The van der Waals surface area contributed by atoms with Crippen LogP contribution in [0.5, 0.6) is 0 Å². The summed E-state index contributed by atoms with van der Waals surface area (Å²) in [7, 11) is -2.84. The molecule has 1 fully saturated rings. The maximum atomic E-state index is 11.5. The Balaban J connectivity index is 2.00. The van der Waals surface area contributed by atoms with Gasteiger partial charge in [-0.25, -0.2) is 8.42 Å². The molecule has 0 bridgehead atoms. The van der Waals surface area contributed by atoms with Gasteiger partial charge in [-0.2, -0.15) is 0 Å². The molecule has 1 atom stereocenters. The Morgan fingerprint density at radius 2 is 2.32 bits per heavy atom. The quantitative estimate of drug-likeness (QED) is 0.816. The molecule has 0 saturated carbocycles. The van der Waals surface area contributed by atoms with Crippen LogP contribution in [0.25, 0.3) is 0 Å². The molecule has 2 heterocycles. The first-order chi connectivity index (χ1) is 9.00. The van der Waals surface area contributed by atoms with Gasteiger partial charge in [0.15, 0.2) is 9.84 Å². The number of rotatable bonds is 2. The Kier molecular flexibility index (Phi) is 4.63. The summed E-state index contributed by atoms with van der Waals surface area (Å²) >= 11 is 1.65. The minimum atomic E-state index is -2.84. The standard InChI is InChI=1S/C13H18N2O2S2/c1-11-10-19(16,17)8-7-15(11)9-13-5-4-12(18-13)3-2-6-14/h4-5,11H,6-10,14H2,1H3. The lowest BCUT2D eigenvalue weighted by molar-refractivity contribution is 0.220. The van der Waals surface area contributed by atoms with Crippen LogP contribution in [-0.2, 0) is 16.4 Å². The Hall–Kier alpha value is -0.870. The summed E-state index contributed by atoms with van der Waals surface area (Å²) in [5, 5.41) is 0. The number of sulfone groups is 1. The second kappa shape index (κ2) is 6.06. The molecule has 0 radical (unpaired) electrons. The van der Waals surface area contributed by atoms with Crippen LogP contribution in [0.2, 0.25) is 0 Å². The van der Waals surface area contributed by atoms with Gasteiger partial charge in [0.25, 0.3) is 0 Å². The van der Waals surface area contributed by atoms with E-state index in [-0.39, 0.29) is 17.5 Å². The maximum absolute atomic E-state index is 11.5. The van der Waals surface area contributed by atoms with Crippen LogP contribution in [0.15, 0.2) is 12.1 Å². The summed E-state index contributed by atoms with van der Waals surface area (Å²) in [6.45, 7) is 3.75. The summed E-state index contributed by atoms with van der Waals surface area (Å²) in [6.07, 6.45) is 0. The van der Waals surface area contributed by atoms with E-state index in [2.05, 4.69) is 22.8 Å². The van der Waals surface area contributed by atoms with Gasteiger partial charge in [0.1, 0.15) is 0 Å². The van der Waals surface area contributed by atoms with Crippen molar-refractivity contribution in [1.82, 2.24) is 4.90 Å². The van der Waals surface area contributed by atoms with E-state index in [1.807, 2.05) is 13.0 Å². The Morgan fingerprint density at radius 1 is 1.53 bits per heavy atom. The van der Waals surface area contributed by atoms with Gasteiger partial charge in [0.05, 0.1) is 22.9 Å². The molecule has 0 amide bonds. The van der Waals surface area contributed by atoms with Crippen molar-refractivity contribution in [3.63, 3.8) is 0 Å². The zero-order chi connectivity index (χ0) is 13.9. The monoisotopic (exact) mass is 298 g/mol. The molecular formula is C13H18N2O2S2. The maximum Gasteiger partial charge on any atom is 0.153 e. The van der Waals surface area contributed by atoms with Gasteiger partial charge in [-0.3, -0.25) is 4.90 Å². The summed E-state index contributed by atoms with van der Waals surface area (Å²) < 4.78 is 23.1. The van der Waals surface area contributed by atoms with Crippen LogP contribution in [0.4, 0.5) is 0 Å². The normalized spacial score (nSPS) is 22.7. The van der Waals surface area contributed by atoms with Crippen LogP contribution in [0.1, 0.15) is 16.7 Å². The topological polar surface area (TPSA) is 63.4 Å². The molecule has 1 aliphatic heterocycles. The van der Waals surface area contributed by atoms with Crippen molar-refractivity contribution in [2.75, 3.05) is 24.6 Å². The highest BCUT2D eigenvalue weighted by Gasteiger charge is 2.28. The molecule has 0 spiro atoms. The predicted molar refractivity (Wildman–Crippen MR) is 78.8 cm³/mol. The number of thiophene rings is 1. The molecule has 1 aromatic heterocycles. The molecule has 1 aliphatic rings. The van der Waals surface area contributed by atoms with E-state index < -0.39 is 9.84 Å². The summed E-state index contributed by atoms with van der Waals surface area (Å²) in [4.78, 5) is 4.44. The average Bonchev–Trinajstić information content (AvgIpc) is 2.77. The van der Waals surface area contributed by atoms with Gasteiger partial charge in [-0.1, -0.05) is 11.8 Å². The van der Waals surface area contributed by atoms with Gasteiger partial charge in [-0.05, 0) is 19.1 Å². The summed E-state index contributed by atoms with van der Waals surface area (Å²) in [5.41, 5.74) is 5.34. The highest BCUT2D eigenvalue weighted by atomic mass is 32.2. The first-order valence-electron chi connectivity index (χ1n) is 6.22. The van der Waals surface area contributed by atoms with E-state index in [0.29, 0.717) is 13.1 Å². The lowest BCUT2D eigenvalue weighted by Crippen LogP contribution is -2.46. The average molecular weight is 298 g/mol. The molecular weight excluding hydrogens is 280 g/mol. The molecule has 0 aliphatic carbocycles. The van der Waals surface area contributed by atoms with Crippen LogP contribution >= 0.6 is 11.3 Å². The molecule has 6 heteroatoms. The molecule has 2 N–H and O–H groups in total. The third-order valence-electron chi connectivity index (χ3n) is 3.14. The van der Waals surface area contributed by atoms with Crippen molar-refractivity contribution >= 4 is 21.2 Å². The predicted octanol–water partition coefficient (Wildman–Crippen LogP) is 0.677. The van der Waals surface area contributed by atoms with Crippen molar-refractivity contribution in [3.8, 4) is 11.8 Å². The molecule has 1 saturated heterocycles. The molecule has 104 valence electrons.